The summed E-state index contributed by atoms with van der Waals surface area (Å²) in [4.78, 5) is 18.4. The van der Waals surface area contributed by atoms with Gasteiger partial charge in [0, 0.05) is 12.7 Å². The molecule has 3 rings (SSSR count). The highest BCUT2D eigenvalue weighted by Crippen LogP contribution is 2.36. The van der Waals surface area contributed by atoms with Crippen LogP contribution in [0.5, 0.6) is 0 Å². The highest BCUT2D eigenvalue weighted by Gasteiger charge is 2.45. The van der Waals surface area contributed by atoms with Gasteiger partial charge in [0.15, 0.2) is 0 Å². The highest BCUT2D eigenvalue weighted by molar-refractivity contribution is 5.77. The fourth-order valence-corrected chi connectivity index (χ4v) is 3.20. The Morgan fingerprint density at radius 2 is 2.11 bits per heavy atom. The second-order valence-corrected chi connectivity index (χ2v) is 5.35. The van der Waals surface area contributed by atoms with Crippen LogP contribution in [0, 0.1) is 0 Å². The third kappa shape index (κ3) is 1.96. The summed E-state index contributed by atoms with van der Waals surface area (Å²) in [6.45, 7) is 1.44. The number of nitrogens with one attached hydrogen (secondary N) is 1. The molecule has 2 aliphatic rings. The van der Waals surface area contributed by atoms with Gasteiger partial charge < -0.3 is 10.2 Å². The van der Waals surface area contributed by atoms with Crippen LogP contribution < -0.4 is 5.32 Å². The molecule has 0 bridgehead atoms. The zero-order valence-electron chi connectivity index (χ0n) is 10.6. The van der Waals surface area contributed by atoms with Crippen LogP contribution in [0.1, 0.15) is 37.8 Å². The van der Waals surface area contributed by atoms with Crippen molar-refractivity contribution >= 4 is 6.03 Å². The van der Waals surface area contributed by atoms with Crippen molar-refractivity contribution in [2.45, 2.75) is 44.2 Å². The van der Waals surface area contributed by atoms with Crippen LogP contribution in [0.2, 0.25) is 0 Å². The summed E-state index contributed by atoms with van der Waals surface area (Å²) in [7, 11) is 0. The van der Waals surface area contributed by atoms with Crippen LogP contribution in [0.25, 0.3) is 0 Å². The van der Waals surface area contributed by atoms with E-state index in [2.05, 4.69) is 10.3 Å². The van der Waals surface area contributed by atoms with Crippen molar-refractivity contribution in [1.82, 2.24) is 15.2 Å². The summed E-state index contributed by atoms with van der Waals surface area (Å²) in [5.41, 5.74) is 1.02. The molecule has 1 saturated carbocycles. The lowest BCUT2D eigenvalue weighted by Gasteiger charge is -2.39. The number of carbonyl (C=O) groups is 1. The van der Waals surface area contributed by atoms with E-state index in [-0.39, 0.29) is 11.6 Å². The Kier molecular flexibility index (Phi) is 2.94. The van der Waals surface area contributed by atoms with E-state index in [1.54, 1.807) is 6.20 Å². The van der Waals surface area contributed by atoms with Gasteiger partial charge in [0.25, 0.3) is 0 Å². The van der Waals surface area contributed by atoms with E-state index in [4.69, 9.17) is 0 Å². The van der Waals surface area contributed by atoms with E-state index >= 15 is 0 Å². The number of aromatic nitrogens is 1. The summed E-state index contributed by atoms with van der Waals surface area (Å²) in [5, 5.41) is 3.01. The van der Waals surface area contributed by atoms with Crippen LogP contribution in [-0.2, 0) is 6.54 Å². The fraction of sp³-hybridized carbons (Fsp3) is 0.571. The first-order valence-corrected chi connectivity index (χ1v) is 6.76. The lowest BCUT2D eigenvalue weighted by Crippen LogP contribution is -2.48. The number of amides is 2. The number of pyridine rings is 1. The Bertz CT molecular complexity index is 426. The molecule has 0 unspecified atom stereocenters. The van der Waals surface area contributed by atoms with Crippen LogP contribution in [-0.4, -0.2) is 28.0 Å². The zero-order chi connectivity index (χ0) is 12.4. The van der Waals surface area contributed by atoms with Crippen molar-refractivity contribution in [1.29, 1.82) is 0 Å². The number of rotatable bonds is 2. The summed E-state index contributed by atoms with van der Waals surface area (Å²) in [5.74, 6) is 0. The lowest BCUT2D eigenvalue weighted by atomic mass is 9.81. The number of carbonyl (C=O) groups excluding carboxylic acids is 1. The van der Waals surface area contributed by atoms with Crippen LogP contribution in [0.15, 0.2) is 24.4 Å². The molecular formula is C14H19N3O. The third-order valence-corrected chi connectivity index (χ3v) is 4.22. The normalized spacial score (nSPS) is 22.2. The van der Waals surface area contributed by atoms with Gasteiger partial charge in [0.05, 0.1) is 17.8 Å². The molecule has 1 aromatic heterocycles. The monoisotopic (exact) mass is 245 g/mol. The summed E-state index contributed by atoms with van der Waals surface area (Å²) in [6, 6.07) is 5.94. The molecule has 1 aliphatic carbocycles. The highest BCUT2D eigenvalue weighted by atomic mass is 16.2. The predicted octanol–water partition coefficient (Wildman–Crippen LogP) is 2.31. The van der Waals surface area contributed by atoms with E-state index in [0.29, 0.717) is 6.54 Å². The van der Waals surface area contributed by atoms with Crippen molar-refractivity contribution in [2.75, 3.05) is 6.54 Å². The van der Waals surface area contributed by atoms with E-state index < -0.39 is 0 Å². The summed E-state index contributed by atoms with van der Waals surface area (Å²) in [6.07, 6.45) is 7.79. The van der Waals surface area contributed by atoms with Crippen molar-refractivity contribution in [3.05, 3.63) is 30.1 Å². The fourth-order valence-electron chi connectivity index (χ4n) is 3.20. The molecule has 2 amide bonds. The largest absolute Gasteiger partial charge is 0.336 e. The van der Waals surface area contributed by atoms with Gasteiger partial charge in [-0.05, 0) is 25.0 Å². The number of nitrogens with zero attached hydrogens (tertiary/aromatic N) is 2. The van der Waals surface area contributed by atoms with Gasteiger partial charge in [0.2, 0.25) is 0 Å². The second kappa shape index (κ2) is 4.59. The molecule has 1 aliphatic heterocycles. The Morgan fingerprint density at radius 1 is 1.28 bits per heavy atom. The van der Waals surface area contributed by atoms with E-state index in [1.807, 2.05) is 23.1 Å². The van der Waals surface area contributed by atoms with Gasteiger partial charge >= 0.3 is 6.03 Å². The van der Waals surface area contributed by atoms with Gasteiger partial charge in [-0.2, -0.15) is 0 Å². The first-order valence-electron chi connectivity index (χ1n) is 6.76. The number of hydrogen-bond donors (Lipinski definition) is 1. The molecule has 1 saturated heterocycles. The molecule has 96 valence electrons. The summed E-state index contributed by atoms with van der Waals surface area (Å²) >= 11 is 0. The minimum Gasteiger partial charge on any atom is -0.336 e. The van der Waals surface area contributed by atoms with Crippen molar-refractivity contribution in [3.8, 4) is 0 Å². The van der Waals surface area contributed by atoms with E-state index in [0.717, 1.165) is 25.1 Å². The Hall–Kier alpha value is -1.58. The zero-order valence-corrected chi connectivity index (χ0v) is 10.6. The van der Waals surface area contributed by atoms with Crippen molar-refractivity contribution < 1.29 is 4.79 Å². The maximum atomic E-state index is 12.0. The maximum Gasteiger partial charge on any atom is 0.318 e. The molecule has 4 nitrogen and oxygen atoms in total. The van der Waals surface area contributed by atoms with Gasteiger partial charge in [-0.15, -0.1) is 0 Å². The van der Waals surface area contributed by atoms with E-state index in [9.17, 15) is 4.79 Å². The second-order valence-electron chi connectivity index (χ2n) is 5.35. The minimum atomic E-state index is 0.0485. The molecule has 0 aromatic carbocycles. The quantitative estimate of drug-likeness (QED) is 0.869. The van der Waals surface area contributed by atoms with Crippen LogP contribution in [0.3, 0.4) is 0 Å². The molecule has 0 radical (unpaired) electrons. The van der Waals surface area contributed by atoms with Gasteiger partial charge in [-0.25, -0.2) is 4.79 Å². The molecule has 1 aromatic rings. The number of urea groups is 1. The third-order valence-electron chi connectivity index (χ3n) is 4.22. The molecular weight excluding hydrogens is 226 g/mol. The average molecular weight is 245 g/mol. The molecule has 18 heavy (non-hydrogen) atoms. The molecule has 1 N–H and O–H groups in total. The minimum absolute atomic E-state index is 0.0485. The van der Waals surface area contributed by atoms with Gasteiger partial charge in [0.1, 0.15) is 0 Å². The van der Waals surface area contributed by atoms with E-state index in [1.165, 1.54) is 19.3 Å². The molecule has 0 atom stereocenters. The van der Waals surface area contributed by atoms with Gasteiger partial charge in [-0.3, -0.25) is 4.98 Å². The maximum absolute atomic E-state index is 12.0. The van der Waals surface area contributed by atoms with Gasteiger partial charge in [-0.1, -0.05) is 25.3 Å². The SMILES string of the molecule is O=C1NCC2(CCCCC2)N1Cc1ccccn1. The molecule has 1 spiro atoms. The standard InChI is InChI=1S/C14H19N3O/c18-13-16-11-14(7-3-1-4-8-14)17(13)10-12-6-2-5-9-15-12/h2,5-6,9H,1,3-4,7-8,10-11H2,(H,16,18). The average Bonchev–Trinajstić information content (AvgIpc) is 2.71. The molecule has 2 heterocycles. The molecule has 2 fully saturated rings. The predicted molar refractivity (Wildman–Crippen MR) is 69.0 cm³/mol. The van der Waals surface area contributed by atoms with Crippen molar-refractivity contribution in [2.24, 2.45) is 0 Å². The summed E-state index contributed by atoms with van der Waals surface area (Å²) < 4.78 is 0. The molecule has 4 heteroatoms. The lowest BCUT2D eigenvalue weighted by molar-refractivity contribution is 0.112. The first-order chi connectivity index (χ1) is 8.80. The number of hydrogen-bond acceptors (Lipinski definition) is 2. The Morgan fingerprint density at radius 3 is 2.83 bits per heavy atom. The Labute approximate surface area is 107 Å². The first kappa shape index (κ1) is 11.5. The van der Waals surface area contributed by atoms with Crippen molar-refractivity contribution in [3.63, 3.8) is 0 Å². The Balaban J connectivity index is 1.81. The topological polar surface area (TPSA) is 45.2 Å². The van der Waals surface area contributed by atoms with Crippen LogP contribution in [0.4, 0.5) is 4.79 Å². The van der Waals surface area contributed by atoms with Crippen LogP contribution >= 0.6 is 0 Å². The smallest absolute Gasteiger partial charge is 0.318 e.